The van der Waals surface area contributed by atoms with E-state index in [9.17, 15) is 9.90 Å². The van der Waals surface area contributed by atoms with E-state index >= 15 is 0 Å². The fourth-order valence-corrected chi connectivity index (χ4v) is 2.08. The topological polar surface area (TPSA) is 75.2 Å². The number of carbonyl (C=O) groups is 1. The number of hydrogen-bond acceptors (Lipinski definition) is 3. The van der Waals surface area contributed by atoms with Gasteiger partial charge in [-0.05, 0) is 51.5 Å². The summed E-state index contributed by atoms with van der Waals surface area (Å²) < 4.78 is 5.67. The maximum absolute atomic E-state index is 11.3. The van der Waals surface area contributed by atoms with Gasteiger partial charge in [-0.25, -0.2) is 4.79 Å². The second kappa shape index (κ2) is 5.36. The molecule has 2 aromatic rings. The molecule has 0 amide bonds. The van der Waals surface area contributed by atoms with Crippen molar-refractivity contribution in [2.75, 3.05) is 0 Å². The van der Waals surface area contributed by atoms with Crippen LogP contribution in [0.5, 0.6) is 5.75 Å². The van der Waals surface area contributed by atoms with Gasteiger partial charge in [-0.15, -0.1) is 0 Å². The van der Waals surface area contributed by atoms with E-state index in [1.807, 2.05) is 39.0 Å². The average molecular weight is 274 g/mol. The Morgan fingerprint density at radius 3 is 2.60 bits per heavy atom. The lowest BCUT2D eigenvalue weighted by Gasteiger charge is -2.13. The molecule has 1 aromatic heterocycles. The molecule has 5 nitrogen and oxygen atoms in total. The minimum absolute atomic E-state index is 0.0989. The number of rotatable bonds is 4. The lowest BCUT2D eigenvalue weighted by molar-refractivity contribution is 0.0697. The number of hydrogen-bond donors (Lipinski definition) is 2. The summed E-state index contributed by atoms with van der Waals surface area (Å²) in [7, 11) is 0. The maximum atomic E-state index is 11.3. The van der Waals surface area contributed by atoms with Crippen molar-refractivity contribution in [3.63, 3.8) is 0 Å². The Morgan fingerprint density at radius 2 is 2.05 bits per heavy atom. The molecule has 0 bridgehead atoms. The number of carboxylic acids is 1. The Morgan fingerprint density at radius 1 is 1.35 bits per heavy atom. The van der Waals surface area contributed by atoms with Crippen molar-refractivity contribution in [2.45, 2.75) is 33.8 Å². The summed E-state index contributed by atoms with van der Waals surface area (Å²) in [4.78, 5) is 11.3. The molecule has 5 heteroatoms. The molecule has 0 spiro atoms. The van der Waals surface area contributed by atoms with Crippen molar-refractivity contribution < 1.29 is 14.6 Å². The van der Waals surface area contributed by atoms with Gasteiger partial charge in [0.15, 0.2) is 0 Å². The Kier molecular flexibility index (Phi) is 3.79. The first-order valence-corrected chi connectivity index (χ1v) is 6.46. The zero-order valence-electron chi connectivity index (χ0n) is 12.0. The number of aromatic nitrogens is 2. The summed E-state index contributed by atoms with van der Waals surface area (Å²) in [6.07, 6.45) is 0.0989. The highest BCUT2D eigenvalue weighted by atomic mass is 16.5. The predicted octanol–water partition coefficient (Wildman–Crippen LogP) is 3.18. The van der Waals surface area contributed by atoms with Gasteiger partial charge in [0.05, 0.1) is 6.10 Å². The first-order chi connectivity index (χ1) is 9.40. The van der Waals surface area contributed by atoms with Gasteiger partial charge in [-0.2, -0.15) is 5.10 Å². The van der Waals surface area contributed by atoms with E-state index in [0.717, 1.165) is 16.9 Å². The molecule has 0 radical (unpaired) electrons. The summed E-state index contributed by atoms with van der Waals surface area (Å²) in [5.74, 6) is -0.181. The SMILES string of the molecule is Cc1cc(-c2n[nH]c(C)c2C(=O)O)ccc1OC(C)C. The van der Waals surface area contributed by atoms with Crippen LogP contribution < -0.4 is 4.74 Å². The summed E-state index contributed by atoms with van der Waals surface area (Å²) in [5.41, 5.74) is 2.93. The molecule has 0 atom stereocenters. The molecule has 0 aliphatic heterocycles. The molecule has 0 saturated heterocycles. The van der Waals surface area contributed by atoms with E-state index in [-0.39, 0.29) is 11.7 Å². The molecule has 1 aromatic carbocycles. The lowest BCUT2D eigenvalue weighted by atomic mass is 10.0. The van der Waals surface area contributed by atoms with E-state index in [4.69, 9.17) is 4.74 Å². The number of benzene rings is 1. The third-order valence-corrected chi connectivity index (χ3v) is 2.97. The number of nitrogens with zero attached hydrogens (tertiary/aromatic N) is 1. The Bertz CT molecular complexity index is 645. The van der Waals surface area contributed by atoms with Crippen LogP contribution in [0, 0.1) is 13.8 Å². The molecule has 0 fully saturated rings. The molecule has 0 aliphatic carbocycles. The average Bonchev–Trinajstić information content (AvgIpc) is 2.73. The third kappa shape index (κ3) is 2.66. The molecule has 0 aliphatic rings. The lowest BCUT2D eigenvalue weighted by Crippen LogP contribution is -2.06. The fourth-order valence-electron chi connectivity index (χ4n) is 2.08. The Balaban J connectivity index is 2.45. The van der Waals surface area contributed by atoms with Crippen LogP contribution in [0.2, 0.25) is 0 Å². The van der Waals surface area contributed by atoms with E-state index in [1.54, 1.807) is 6.92 Å². The van der Waals surface area contributed by atoms with Gasteiger partial charge in [0, 0.05) is 11.3 Å². The van der Waals surface area contributed by atoms with Crippen molar-refractivity contribution in [1.82, 2.24) is 10.2 Å². The monoisotopic (exact) mass is 274 g/mol. The van der Waals surface area contributed by atoms with Gasteiger partial charge >= 0.3 is 5.97 Å². The van der Waals surface area contributed by atoms with Crippen LogP contribution in [-0.4, -0.2) is 27.4 Å². The van der Waals surface area contributed by atoms with Crippen molar-refractivity contribution in [3.05, 3.63) is 35.0 Å². The molecule has 2 N–H and O–H groups in total. The highest BCUT2D eigenvalue weighted by Crippen LogP contribution is 2.28. The molecular weight excluding hydrogens is 256 g/mol. The Labute approximate surface area is 117 Å². The molecule has 1 heterocycles. The molecule has 2 rings (SSSR count). The number of ether oxygens (including phenoxy) is 1. The van der Waals surface area contributed by atoms with Crippen molar-refractivity contribution >= 4 is 5.97 Å². The standard InChI is InChI=1S/C15H18N2O3/c1-8(2)20-12-6-5-11(7-9(12)3)14-13(15(18)19)10(4)16-17-14/h5-8H,1-4H3,(H,16,17)(H,18,19). The van der Waals surface area contributed by atoms with E-state index in [2.05, 4.69) is 10.2 Å². The van der Waals surface area contributed by atoms with E-state index in [0.29, 0.717) is 11.4 Å². The third-order valence-electron chi connectivity index (χ3n) is 2.97. The minimum atomic E-state index is -0.980. The second-order valence-corrected chi connectivity index (χ2v) is 5.02. The van der Waals surface area contributed by atoms with Gasteiger partial charge < -0.3 is 9.84 Å². The van der Waals surface area contributed by atoms with Crippen molar-refractivity contribution in [1.29, 1.82) is 0 Å². The van der Waals surface area contributed by atoms with Gasteiger partial charge in [-0.1, -0.05) is 0 Å². The van der Waals surface area contributed by atoms with Gasteiger partial charge in [0.2, 0.25) is 0 Å². The molecule has 0 unspecified atom stereocenters. The normalized spacial score (nSPS) is 10.8. The van der Waals surface area contributed by atoms with E-state index < -0.39 is 5.97 Å². The molecule has 106 valence electrons. The summed E-state index contributed by atoms with van der Waals surface area (Å²) >= 11 is 0. The van der Waals surface area contributed by atoms with Crippen LogP contribution in [0.25, 0.3) is 11.3 Å². The number of nitrogens with one attached hydrogen (secondary N) is 1. The fraction of sp³-hybridized carbons (Fsp3) is 0.333. The number of aromatic carboxylic acids is 1. The Hall–Kier alpha value is -2.30. The largest absolute Gasteiger partial charge is 0.491 e. The zero-order chi connectivity index (χ0) is 14.9. The van der Waals surface area contributed by atoms with Gasteiger partial charge in [-0.3, -0.25) is 5.10 Å². The van der Waals surface area contributed by atoms with Crippen molar-refractivity contribution in [2.24, 2.45) is 0 Å². The second-order valence-electron chi connectivity index (χ2n) is 5.02. The smallest absolute Gasteiger partial charge is 0.339 e. The number of carboxylic acid groups (broad SMARTS) is 1. The first kappa shape index (κ1) is 14.1. The predicted molar refractivity (Wildman–Crippen MR) is 76.2 cm³/mol. The van der Waals surface area contributed by atoms with Crippen LogP contribution in [0.1, 0.15) is 35.5 Å². The molecule has 0 saturated carbocycles. The van der Waals surface area contributed by atoms with Crippen LogP contribution >= 0.6 is 0 Å². The highest BCUT2D eigenvalue weighted by Gasteiger charge is 2.19. The summed E-state index contributed by atoms with van der Waals surface area (Å²) in [6.45, 7) is 7.56. The number of aryl methyl sites for hydroxylation is 2. The van der Waals surface area contributed by atoms with Crippen LogP contribution in [-0.2, 0) is 0 Å². The van der Waals surface area contributed by atoms with Crippen molar-refractivity contribution in [3.8, 4) is 17.0 Å². The summed E-state index contributed by atoms with van der Waals surface area (Å²) in [6, 6.07) is 5.56. The van der Waals surface area contributed by atoms with Crippen LogP contribution in [0.3, 0.4) is 0 Å². The molecular formula is C15H18N2O3. The van der Waals surface area contributed by atoms with Gasteiger partial charge in [0.25, 0.3) is 0 Å². The number of aromatic amines is 1. The quantitative estimate of drug-likeness (QED) is 0.897. The van der Waals surface area contributed by atoms with Crippen LogP contribution in [0.15, 0.2) is 18.2 Å². The summed E-state index contributed by atoms with van der Waals surface area (Å²) in [5, 5.41) is 16.1. The van der Waals surface area contributed by atoms with Crippen LogP contribution in [0.4, 0.5) is 0 Å². The first-order valence-electron chi connectivity index (χ1n) is 6.46. The zero-order valence-corrected chi connectivity index (χ0v) is 12.0. The van der Waals surface area contributed by atoms with E-state index in [1.165, 1.54) is 0 Å². The molecule has 20 heavy (non-hydrogen) atoms. The van der Waals surface area contributed by atoms with Gasteiger partial charge in [0.1, 0.15) is 17.0 Å². The minimum Gasteiger partial charge on any atom is -0.491 e. The number of H-pyrrole nitrogens is 1. The highest BCUT2D eigenvalue weighted by molar-refractivity contribution is 5.96. The maximum Gasteiger partial charge on any atom is 0.339 e.